The fraction of sp³-hybridized carbons (Fsp3) is 0.769. The molecule has 1 saturated heterocycles. The lowest BCUT2D eigenvalue weighted by Gasteiger charge is -2.37. The zero-order chi connectivity index (χ0) is 15.6. The highest BCUT2D eigenvalue weighted by Gasteiger charge is 2.27. The molecule has 1 N–H and O–H groups in total. The maximum atomic E-state index is 11.1. The quantitative estimate of drug-likeness (QED) is 0.648. The van der Waals surface area contributed by atoms with Crippen molar-refractivity contribution in [3.63, 3.8) is 0 Å². The van der Waals surface area contributed by atoms with Crippen molar-refractivity contribution >= 4 is 11.5 Å². The summed E-state index contributed by atoms with van der Waals surface area (Å²) < 4.78 is 6.96. The number of ether oxygens (including phenoxy) is 1. The Kier molecular flexibility index (Phi) is 4.79. The summed E-state index contributed by atoms with van der Waals surface area (Å²) in [6, 6.07) is 0.623. The summed E-state index contributed by atoms with van der Waals surface area (Å²) in [6.07, 6.45) is 0. The molecule has 8 nitrogen and oxygen atoms in total. The van der Waals surface area contributed by atoms with E-state index in [4.69, 9.17) is 4.74 Å². The molecule has 0 aromatic carbocycles. The largest absolute Gasteiger partial charge is 0.379 e. The van der Waals surface area contributed by atoms with E-state index < -0.39 is 0 Å². The van der Waals surface area contributed by atoms with Gasteiger partial charge < -0.3 is 10.1 Å². The number of rotatable bonds is 5. The molecule has 0 saturated carbocycles. The van der Waals surface area contributed by atoms with E-state index >= 15 is 0 Å². The highest BCUT2D eigenvalue weighted by atomic mass is 16.6. The van der Waals surface area contributed by atoms with Crippen LogP contribution in [0.1, 0.15) is 19.5 Å². The summed E-state index contributed by atoms with van der Waals surface area (Å²) in [5, 5.41) is 18.4. The molecule has 2 atom stereocenters. The van der Waals surface area contributed by atoms with Gasteiger partial charge in [0.15, 0.2) is 0 Å². The molecule has 118 valence electrons. The van der Waals surface area contributed by atoms with E-state index in [-0.39, 0.29) is 16.7 Å². The second-order valence-corrected chi connectivity index (χ2v) is 5.56. The summed E-state index contributed by atoms with van der Waals surface area (Å²) in [4.78, 5) is 13.1. The average Bonchev–Trinajstić information content (AvgIpc) is 2.70. The van der Waals surface area contributed by atoms with Gasteiger partial charge >= 0.3 is 5.69 Å². The second-order valence-electron chi connectivity index (χ2n) is 5.56. The van der Waals surface area contributed by atoms with Gasteiger partial charge in [-0.2, -0.15) is 5.10 Å². The SMILES string of the molecule is Cc1nn(C)c(NC[C@@H](C)N2CCOC[C@H]2C)c1[N+](=O)[O-]. The average molecular weight is 297 g/mol. The lowest BCUT2D eigenvalue weighted by Crippen LogP contribution is -2.50. The molecule has 1 aliphatic rings. The topological polar surface area (TPSA) is 85.5 Å². The monoisotopic (exact) mass is 297 g/mol. The number of morpholine rings is 1. The van der Waals surface area contributed by atoms with Gasteiger partial charge in [0.25, 0.3) is 0 Å². The second kappa shape index (κ2) is 6.40. The Bertz CT molecular complexity index is 516. The molecule has 2 heterocycles. The van der Waals surface area contributed by atoms with Crippen molar-refractivity contribution in [3.05, 3.63) is 15.8 Å². The Hall–Kier alpha value is -1.67. The molecular formula is C13H23N5O3. The third-order valence-electron chi connectivity index (χ3n) is 3.92. The van der Waals surface area contributed by atoms with E-state index in [0.29, 0.717) is 24.1 Å². The Balaban J connectivity index is 2.04. The highest BCUT2D eigenvalue weighted by Crippen LogP contribution is 2.27. The summed E-state index contributed by atoms with van der Waals surface area (Å²) >= 11 is 0. The highest BCUT2D eigenvalue weighted by molar-refractivity contribution is 5.59. The Morgan fingerprint density at radius 3 is 2.95 bits per heavy atom. The first-order chi connectivity index (χ1) is 9.91. The Labute approximate surface area is 124 Å². The molecular weight excluding hydrogens is 274 g/mol. The predicted molar refractivity (Wildman–Crippen MR) is 79.5 cm³/mol. The zero-order valence-corrected chi connectivity index (χ0v) is 13.0. The van der Waals surface area contributed by atoms with Crippen molar-refractivity contribution < 1.29 is 9.66 Å². The molecule has 1 aromatic heterocycles. The van der Waals surface area contributed by atoms with E-state index in [1.807, 2.05) is 0 Å². The molecule has 1 fully saturated rings. The van der Waals surface area contributed by atoms with Gasteiger partial charge in [0.05, 0.1) is 18.1 Å². The molecule has 1 aromatic rings. The van der Waals surface area contributed by atoms with Gasteiger partial charge in [-0.25, -0.2) is 4.68 Å². The fourth-order valence-electron chi connectivity index (χ4n) is 2.82. The number of nitrogens with one attached hydrogen (secondary N) is 1. The van der Waals surface area contributed by atoms with E-state index in [1.54, 1.807) is 14.0 Å². The van der Waals surface area contributed by atoms with E-state index in [2.05, 4.69) is 29.2 Å². The van der Waals surface area contributed by atoms with Gasteiger partial charge in [-0.1, -0.05) is 0 Å². The number of aromatic nitrogens is 2. The lowest BCUT2D eigenvalue weighted by atomic mass is 10.2. The van der Waals surface area contributed by atoms with Crippen LogP contribution in [0, 0.1) is 17.0 Å². The molecule has 0 unspecified atom stereocenters. The lowest BCUT2D eigenvalue weighted by molar-refractivity contribution is -0.384. The van der Waals surface area contributed by atoms with E-state index in [0.717, 1.165) is 19.8 Å². The molecule has 0 amide bonds. The summed E-state index contributed by atoms with van der Waals surface area (Å²) in [6.45, 7) is 8.88. The van der Waals surface area contributed by atoms with Gasteiger partial charge in [0.1, 0.15) is 5.69 Å². The van der Waals surface area contributed by atoms with Gasteiger partial charge in [-0.15, -0.1) is 0 Å². The Morgan fingerprint density at radius 2 is 2.33 bits per heavy atom. The number of nitro groups is 1. The predicted octanol–water partition coefficient (Wildman–Crippen LogP) is 1.16. The van der Waals surface area contributed by atoms with Crippen molar-refractivity contribution in [1.82, 2.24) is 14.7 Å². The zero-order valence-electron chi connectivity index (χ0n) is 13.0. The maximum Gasteiger partial charge on any atom is 0.333 e. The van der Waals surface area contributed by atoms with Crippen LogP contribution in [0.2, 0.25) is 0 Å². The molecule has 21 heavy (non-hydrogen) atoms. The standard InChI is InChI=1S/C13H23N5O3/c1-9(17-5-6-21-8-10(17)2)7-14-13-12(18(19)20)11(3)15-16(13)4/h9-10,14H,5-8H2,1-4H3/t9-,10-/m1/s1. The van der Waals surface area contributed by atoms with E-state index in [9.17, 15) is 10.1 Å². The third-order valence-corrected chi connectivity index (χ3v) is 3.92. The summed E-state index contributed by atoms with van der Waals surface area (Å²) in [5.41, 5.74) is 0.483. The van der Waals surface area contributed by atoms with Crippen LogP contribution < -0.4 is 5.32 Å². The number of aryl methyl sites for hydroxylation is 2. The summed E-state index contributed by atoms with van der Waals surface area (Å²) in [7, 11) is 1.71. The molecule has 2 rings (SSSR count). The van der Waals surface area contributed by atoms with Crippen molar-refractivity contribution in [3.8, 4) is 0 Å². The molecule has 0 radical (unpaired) electrons. The van der Waals surface area contributed by atoms with Crippen LogP contribution in [-0.2, 0) is 11.8 Å². The minimum Gasteiger partial charge on any atom is -0.379 e. The van der Waals surface area contributed by atoms with Crippen LogP contribution in [0.3, 0.4) is 0 Å². The van der Waals surface area contributed by atoms with Crippen LogP contribution >= 0.6 is 0 Å². The molecule has 8 heteroatoms. The fourth-order valence-corrected chi connectivity index (χ4v) is 2.82. The third kappa shape index (κ3) is 3.33. The van der Waals surface area contributed by atoms with Gasteiger partial charge in [0, 0.05) is 32.2 Å². The molecule has 0 bridgehead atoms. The minimum absolute atomic E-state index is 0.0553. The first-order valence-electron chi connectivity index (χ1n) is 7.17. The maximum absolute atomic E-state index is 11.1. The Morgan fingerprint density at radius 1 is 1.62 bits per heavy atom. The molecule has 0 spiro atoms. The van der Waals surface area contributed by atoms with Crippen molar-refractivity contribution in [2.75, 3.05) is 31.6 Å². The van der Waals surface area contributed by atoms with Gasteiger partial charge in [0.2, 0.25) is 5.82 Å². The van der Waals surface area contributed by atoms with Gasteiger partial charge in [-0.3, -0.25) is 15.0 Å². The van der Waals surface area contributed by atoms with Crippen molar-refractivity contribution in [2.45, 2.75) is 32.9 Å². The van der Waals surface area contributed by atoms with Crippen molar-refractivity contribution in [2.24, 2.45) is 7.05 Å². The number of hydrogen-bond acceptors (Lipinski definition) is 6. The van der Waals surface area contributed by atoms with Crippen molar-refractivity contribution in [1.29, 1.82) is 0 Å². The van der Waals surface area contributed by atoms with Crippen LogP contribution in [-0.4, -0.2) is 58.0 Å². The minimum atomic E-state index is -0.382. The van der Waals surface area contributed by atoms with Crippen LogP contribution in [0.25, 0.3) is 0 Å². The van der Waals surface area contributed by atoms with Crippen LogP contribution in [0.15, 0.2) is 0 Å². The first-order valence-corrected chi connectivity index (χ1v) is 7.17. The van der Waals surface area contributed by atoms with Gasteiger partial charge in [-0.05, 0) is 20.8 Å². The normalized spacial score (nSPS) is 21.2. The smallest absolute Gasteiger partial charge is 0.333 e. The molecule has 1 aliphatic heterocycles. The number of anilines is 1. The summed E-state index contributed by atoms with van der Waals surface area (Å²) in [5.74, 6) is 0.463. The molecule has 0 aliphatic carbocycles. The van der Waals surface area contributed by atoms with Crippen LogP contribution in [0.5, 0.6) is 0 Å². The number of hydrogen-bond donors (Lipinski definition) is 1. The van der Waals surface area contributed by atoms with Crippen LogP contribution in [0.4, 0.5) is 11.5 Å². The first kappa shape index (κ1) is 15.7. The van der Waals surface area contributed by atoms with E-state index in [1.165, 1.54) is 4.68 Å². The number of nitrogens with zero attached hydrogens (tertiary/aromatic N) is 4.